The second-order valence-electron chi connectivity index (χ2n) is 5.78. The summed E-state index contributed by atoms with van der Waals surface area (Å²) in [5.41, 5.74) is 3.01. The Bertz CT molecular complexity index is 1010. The molecule has 0 aliphatic carbocycles. The van der Waals surface area contributed by atoms with E-state index in [1.165, 1.54) is 12.1 Å². The summed E-state index contributed by atoms with van der Waals surface area (Å²) in [6.45, 7) is 0.289. The Morgan fingerprint density at radius 3 is 2.41 bits per heavy atom. The van der Waals surface area contributed by atoms with Crippen LogP contribution in [0.5, 0.6) is 5.75 Å². The van der Waals surface area contributed by atoms with Crippen molar-refractivity contribution in [3.05, 3.63) is 98.7 Å². The third-order valence-corrected chi connectivity index (χ3v) is 4.67. The van der Waals surface area contributed by atoms with Crippen molar-refractivity contribution in [3.8, 4) is 11.8 Å². The highest BCUT2D eigenvalue weighted by Crippen LogP contribution is 2.28. The summed E-state index contributed by atoms with van der Waals surface area (Å²) < 4.78 is 19.6. The maximum Gasteiger partial charge on any atom is 0.138 e. The third kappa shape index (κ3) is 5.19. The van der Waals surface area contributed by atoms with Gasteiger partial charge in [-0.2, -0.15) is 5.26 Å². The van der Waals surface area contributed by atoms with Gasteiger partial charge in [0, 0.05) is 4.47 Å². The predicted octanol–water partition coefficient (Wildman–Crippen LogP) is 6.88. The number of hydrogen-bond acceptors (Lipinski definition) is 2. The molecule has 0 aromatic heterocycles. The maximum absolute atomic E-state index is 12.9. The highest BCUT2D eigenvalue weighted by atomic mass is 79.9. The third-order valence-electron chi connectivity index (χ3n) is 3.85. The number of halogens is 3. The van der Waals surface area contributed by atoms with E-state index in [4.69, 9.17) is 16.3 Å². The van der Waals surface area contributed by atoms with Crippen LogP contribution in [0, 0.1) is 17.1 Å². The Hall–Kier alpha value is -2.61. The van der Waals surface area contributed by atoms with Crippen molar-refractivity contribution in [3.63, 3.8) is 0 Å². The minimum Gasteiger partial charge on any atom is -0.487 e. The van der Waals surface area contributed by atoms with Gasteiger partial charge in [0.2, 0.25) is 0 Å². The van der Waals surface area contributed by atoms with Crippen LogP contribution >= 0.6 is 27.5 Å². The molecule has 2 nitrogen and oxygen atoms in total. The van der Waals surface area contributed by atoms with E-state index < -0.39 is 0 Å². The molecule has 0 saturated carbocycles. The van der Waals surface area contributed by atoms with Gasteiger partial charge in [-0.1, -0.05) is 57.9 Å². The van der Waals surface area contributed by atoms with Crippen LogP contribution in [0.4, 0.5) is 4.39 Å². The molecular formula is C22H14BrClFNO. The minimum absolute atomic E-state index is 0.285. The topological polar surface area (TPSA) is 33.0 Å². The van der Waals surface area contributed by atoms with Crippen molar-refractivity contribution in [2.24, 2.45) is 0 Å². The second kappa shape index (κ2) is 8.85. The lowest BCUT2D eigenvalue weighted by molar-refractivity contribution is 0.306. The molecule has 0 N–H and O–H groups in total. The SMILES string of the molecule is N#C/C(=C\c1ccc(OCc2ccc(F)cc2)c(Cl)c1)c1ccc(Br)cc1. The van der Waals surface area contributed by atoms with Crippen LogP contribution in [0.2, 0.25) is 5.02 Å². The molecule has 3 aromatic carbocycles. The van der Waals surface area contributed by atoms with Gasteiger partial charge in [0.15, 0.2) is 0 Å². The van der Waals surface area contributed by atoms with Crippen molar-refractivity contribution < 1.29 is 9.13 Å². The lowest BCUT2D eigenvalue weighted by Crippen LogP contribution is -1.96. The zero-order valence-corrected chi connectivity index (χ0v) is 16.5. The number of nitriles is 1. The van der Waals surface area contributed by atoms with Crippen molar-refractivity contribution in [1.82, 2.24) is 0 Å². The van der Waals surface area contributed by atoms with E-state index >= 15 is 0 Å². The average molecular weight is 443 g/mol. The summed E-state index contributed by atoms with van der Waals surface area (Å²) in [5.74, 6) is 0.243. The quantitative estimate of drug-likeness (QED) is 0.318. The molecule has 0 amide bonds. The number of allylic oxidation sites excluding steroid dienone is 1. The van der Waals surface area contributed by atoms with E-state index in [2.05, 4.69) is 22.0 Å². The zero-order chi connectivity index (χ0) is 19.2. The molecule has 27 heavy (non-hydrogen) atoms. The first-order valence-corrected chi connectivity index (χ1v) is 9.27. The Morgan fingerprint density at radius 1 is 1.07 bits per heavy atom. The van der Waals surface area contributed by atoms with Crippen molar-refractivity contribution in [2.45, 2.75) is 6.61 Å². The van der Waals surface area contributed by atoms with Crippen molar-refractivity contribution >= 4 is 39.2 Å². The van der Waals surface area contributed by atoms with Gasteiger partial charge in [-0.25, -0.2) is 4.39 Å². The Kier molecular flexibility index (Phi) is 6.28. The van der Waals surface area contributed by atoms with Gasteiger partial charge in [0.25, 0.3) is 0 Å². The molecule has 134 valence electrons. The first-order valence-electron chi connectivity index (χ1n) is 8.10. The summed E-state index contributed by atoms with van der Waals surface area (Å²) in [4.78, 5) is 0. The van der Waals surface area contributed by atoms with Gasteiger partial charge in [0.1, 0.15) is 18.2 Å². The molecular weight excluding hydrogens is 429 g/mol. The summed E-state index contributed by atoms with van der Waals surface area (Å²) in [5, 5.41) is 9.89. The summed E-state index contributed by atoms with van der Waals surface area (Å²) >= 11 is 9.69. The van der Waals surface area contributed by atoms with Gasteiger partial charge < -0.3 is 4.74 Å². The molecule has 0 unspecified atom stereocenters. The first-order chi connectivity index (χ1) is 13.0. The maximum atomic E-state index is 12.9. The van der Waals surface area contributed by atoms with Crippen LogP contribution < -0.4 is 4.74 Å². The monoisotopic (exact) mass is 441 g/mol. The molecule has 0 atom stereocenters. The van der Waals surface area contributed by atoms with Crippen molar-refractivity contribution in [2.75, 3.05) is 0 Å². The minimum atomic E-state index is -0.285. The Labute approximate surface area is 170 Å². The lowest BCUT2D eigenvalue weighted by atomic mass is 10.0. The van der Waals surface area contributed by atoms with Gasteiger partial charge >= 0.3 is 0 Å². The van der Waals surface area contributed by atoms with E-state index in [0.29, 0.717) is 16.3 Å². The van der Waals surface area contributed by atoms with Gasteiger partial charge in [-0.15, -0.1) is 0 Å². The van der Waals surface area contributed by atoms with Gasteiger partial charge in [0.05, 0.1) is 16.7 Å². The van der Waals surface area contributed by atoms with Gasteiger partial charge in [-0.05, 0) is 59.2 Å². The standard InChI is InChI=1S/C22H14BrClFNO/c23-19-6-4-17(5-7-19)18(13-26)11-16-3-10-22(21(24)12-16)27-14-15-1-8-20(25)9-2-15/h1-12H,14H2/b18-11+. The Balaban J connectivity index is 1.76. The molecule has 0 bridgehead atoms. The van der Waals surface area contributed by atoms with E-state index in [1.54, 1.807) is 30.3 Å². The van der Waals surface area contributed by atoms with Crippen LogP contribution in [0.25, 0.3) is 11.6 Å². The van der Waals surface area contributed by atoms with Crippen LogP contribution in [-0.2, 0) is 6.61 Å². The highest BCUT2D eigenvalue weighted by Gasteiger charge is 2.06. The van der Waals surface area contributed by atoms with Crippen LogP contribution in [0.1, 0.15) is 16.7 Å². The number of nitrogens with zero attached hydrogens (tertiary/aromatic N) is 1. The molecule has 3 rings (SSSR count). The summed E-state index contributed by atoms with van der Waals surface area (Å²) in [7, 11) is 0. The molecule has 0 heterocycles. The second-order valence-corrected chi connectivity index (χ2v) is 7.10. The summed E-state index contributed by atoms with van der Waals surface area (Å²) in [6.07, 6.45) is 1.78. The average Bonchev–Trinajstić information content (AvgIpc) is 2.67. The molecule has 0 aliphatic rings. The smallest absolute Gasteiger partial charge is 0.138 e. The predicted molar refractivity (Wildman–Crippen MR) is 110 cm³/mol. The van der Waals surface area contributed by atoms with E-state index in [0.717, 1.165) is 21.2 Å². The fourth-order valence-electron chi connectivity index (χ4n) is 2.44. The van der Waals surface area contributed by atoms with Crippen molar-refractivity contribution in [1.29, 1.82) is 5.26 Å². The number of ether oxygens (including phenoxy) is 1. The zero-order valence-electron chi connectivity index (χ0n) is 14.1. The molecule has 0 saturated heterocycles. The number of hydrogen-bond donors (Lipinski definition) is 0. The fourth-order valence-corrected chi connectivity index (χ4v) is 2.95. The lowest BCUT2D eigenvalue weighted by Gasteiger charge is -2.09. The first kappa shape index (κ1) is 19.2. The number of rotatable bonds is 5. The largest absolute Gasteiger partial charge is 0.487 e. The van der Waals surface area contributed by atoms with Crippen LogP contribution in [-0.4, -0.2) is 0 Å². The molecule has 5 heteroatoms. The van der Waals surface area contributed by atoms with E-state index in [-0.39, 0.29) is 12.4 Å². The van der Waals surface area contributed by atoms with Crippen LogP contribution in [0.3, 0.4) is 0 Å². The highest BCUT2D eigenvalue weighted by molar-refractivity contribution is 9.10. The fraction of sp³-hybridized carbons (Fsp3) is 0.0455. The summed E-state index contributed by atoms with van der Waals surface area (Å²) in [6, 6.07) is 21.2. The molecule has 0 aliphatic heterocycles. The Morgan fingerprint density at radius 2 is 1.78 bits per heavy atom. The normalized spacial score (nSPS) is 11.1. The molecule has 0 fully saturated rings. The number of benzene rings is 3. The van der Waals surface area contributed by atoms with E-state index in [9.17, 15) is 9.65 Å². The molecule has 0 radical (unpaired) electrons. The molecule has 3 aromatic rings. The molecule has 0 spiro atoms. The van der Waals surface area contributed by atoms with Gasteiger partial charge in [-0.3, -0.25) is 0 Å². The van der Waals surface area contributed by atoms with Crippen LogP contribution in [0.15, 0.2) is 71.2 Å². The van der Waals surface area contributed by atoms with E-state index in [1.807, 2.05) is 30.3 Å².